The Balaban J connectivity index is 2.09. The first-order valence-corrected chi connectivity index (χ1v) is 6.54. The molecule has 0 aliphatic carbocycles. The Morgan fingerprint density at radius 3 is 2.45 bits per heavy atom. The molecular formula is C16H18F2N2. The number of hydrogen-bond acceptors (Lipinski definition) is 2. The van der Waals surface area contributed by atoms with E-state index in [1.807, 2.05) is 13.0 Å². The van der Waals surface area contributed by atoms with E-state index in [2.05, 4.69) is 5.43 Å². The van der Waals surface area contributed by atoms with Crippen molar-refractivity contribution in [2.45, 2.75) is 25.8 Å². The molecule has 3 N–H and O–H groups in total. The fourth-order valence-electron chi connectivity index (χ4n) is 2.29. The van der Waals surface area contributed by atoms with Crippen molar-refractivity contribution in [3.05, 3.63) is 70.8 Å². The minimum Gasteiger partial charge on any atom is -0.271 e. The van der Waals surface area contributed by atoms with Gasteiger partial charge in [0, 0.05) is 6.04 Å². The van der Waals surface area contributed by atoms with Crippen LogP contribution >= 0.6 is 0 Å². The Morgan fingerprint density at radius 1 is 1.05 bits per heavy atom. The average Bonchev–Trinajstić information content (AvgIpc) is 2.41. The Labute approximate surface area is 117 Å². The molecule has 2 rings (SSSR count). The third kappa shape index (κ3) is 3.85. The number of hydrogen-bond donors (Lipinski definition) is 2. The maximum Gasteiger partial charge on any atom is 0.123 e. The van der Waals surface area contributed by atoms with Gasteiger partial charge in [0.15, 0.2) is 0 Å². The molecule has 4 heteroatoms. The first-order valence-electron chi connectivity index (χ1n) is 6.54. The standard InChI is InChI=1S/C16H18F2N2/c1-11-7-15(18)6-5-13(11)10-16(20-19)9-12-3-2-4-14(17)8-12/h2-8,16,20H,9-10,19H2,1H3. The highest BCUT2D eigenvalue weighted by molar-refractivity contribution is 5.28. The van der Waals surface area contributed by atoms with Gasteiger partial charge in [-0.2, -0.15) is 0 Å². The highest BCUT2D eigenvalue weighted by atomic mass is 19.1. The Morgan fingerprint density at radius 2 is 1.80 bits per heavy atom. The number of halogens is 2. The highest BCUT2D eigenvalue weighted by Gasteiger charge is 2.11. The first-order chi connectivity index (χ1) is 9.58. The third-order valence-electron chi connectivity index (χ3n) is 3.38. The lowest BCUT2D eigenvalue weighted by molar-refractivity contribution is 0.519. The average molecular weight is 276 g/mol. The van der Waals surface area contributed by atoms with Crippen molar-refractivity contribution in [2.75, 3.05) is 0 Å². The van der Waals surface area contributed by atoms with Gasteiger partial charge in [0.05, 0.1) is 0 Å². The van der Waals surface area contributed by atoms with E-state index in [-0.39, 0.29) is 17.7 Å². The second-order valence-corrected chi connectivity index (χ2v) is 4.97. The van der Waals surface area contributed by atoms with Crippen LogP contribution in [0.2, 0.25) is 0 Å². The molecule has 0 saturated heterocycles. The van der Waals surface area contributed by atoms with Crippen LogP contribution in [0.25, 0.3) is 0 Å². The number of nitrogens with two attached hydrogens (primary N) is 1. The van der Waals surface area contributed by atoms with E-state index < -0.39 is 0 Å². The molecule has 0 amide bonds. The van der Waals surface area contributed by atoms with Gasteiger partial charge >= 0.3 is 0 Å². The van der Waals surface area contributed by atoms with Gasteiger partial charge < -0.3 is 0 Å². The number of aryl methyl sites for hydroxylation is 1. The second kappa shape index (κ2) is 6.59. The van der Waals surface area contributed by atoms with Gasteiger partial charge in [-0.05, 0) is 60.7 Å². The van der Waals surface area contributed by atoms with Crippen LogP contribution in [0.3, 0.4) is 0 Å². The molecule has 0 radical (unpaired) electrons. The molecule has 0 aliphatic heterocycles. The van der Waals surface area contributed by atoms with Crippen molar-refractivity contribution in [1.29, 1.82) is 0 Å². The lowest BCUT2D eigenvalue weighted by atomic mass is 9.96. The van der Waals surface area contributed by atoms with Crippen LogP contribution in [0, 0.1) is 18.6 Å². The van der Waals surface area contributed by atoms with Crippen molar-refractivity contribution < 1.29 is 8.78 Å². The van der Waals surface area contributed by atoms with Gasteiger partial charge in [-0.3, -0.25) is 11.3 Å². The fraction of sp³-hybridized carbons (Fsp3) is 0.250. The molecule has 20 heavy (non-hydrogen) atoms. The summed E-state index contributed by atoms with van der Waals surface area (Å²) in [5, 5.41) is 0. The highest BCUT2D eigenvalue weighted by Crippen LogP contribution is 2.14. The molecular weight excluding hydrogens is 258 g/mol. The SMILES string of the molecule is Cc1cc(F)ccc1CC(Cc1cccc(F)c1)NN. The normalized spacial score (nSPS) is 12.4. The molecule has 1 atom stereocenters. The summed E-state index contributed by atoms with van der Waals surface area (Å²) in [6.07, 6.45) is 1.28. The van der Waals surface area contributed by atoms with Crippen molar-refractivity contribution in [1.82, 2.24) is 5.43 Å². The van der Waals surface area contributed by atoms with Crippen LogP contribution < -0.4 is 11.3 Å². The van der Waals surface area contributed by atoms with E-state index in [4.69, 9.17) is 5.84 Å². The van der Waals surface area contributed by atoms with E-state index in [1.165, 1.54) is 24.3 Å². The van der Waals surface area contributed by atoms with E-state index in [0.717, 1.165) is 16.7 Å². The summed E-state index contributed by atoms with van der Waals surface area (Å²) in [7, 11) is 0. The van der Waals surface area contributed by atoms with Gasteiger partial charge in [-0.1, -0.05) is 18.2 Å². The van der Waals surface area contributed by atoms with E-state index in [1.54, 1.807) is 12.1 Å². The number of hydrazine groups is 1. The molecule has 0 bridgehead atoms. The molecule has 106 valence electrons. The minimum absolute atomic E-state index is 0.0269. The molecule has 2 nitrogen and oxygen atoms in total. The van der Waals surface area contributed by atoms with E-state index in [9.17, 15) is 8.78 Å². The van der Waals surface area contributed by atoms with Gasteiger partial charge in [-0.25, -0.2) is 8.78 Å². The van der Waals surface area contributed by atoms with Gasteiger partial charge in [0.25, 0.3) is 0 Å². The van der Waals surface area contributed by atoms with Crippen LogP contribution in [0.15, 0.2) is 42.5 Å². The van der Waals surface area contributed by atoms with E-state index >= 15 is 0 Å². The molecule has 2 aromatic rings. The molecule has 0 saturated carbocycles. The summed E-state index contributed by atoms with van der Waals surface area (Å²) in [5.74, 6) is 5.07. The largest absolute Gasteiger partial charge is 0.271 e. The molecule has 0 heterocycles. The first kappa shape index (κ1) is 14.6. The summed E-state index contributed by atoms with van der Waals surface area (Å²) in [5.41, 5.74) is 5.55. The van der Waals surface area contributed by atoms with Crippen molar-refractivity contribution >= 4 is 0 Å². The Kier molecular flexibility index (Phi) is 4.82. The predicted octanol–water partition coefficient (Wildman–Crippen LogP) is 2.89. The minimum atomic E-state index is -0.253. The fourth-order valence-corrected chi connectivity index (χ4v) is 2.29. The Hall–Kier alpha value is -1.78. The van der Waals surface area contributed by atoms with Crippen molar-refractivity contribution in [2.24, 2.45) is 5.84 Å². The van der Waals surface area contributed by atoms with Crippen molar-refractivity contribution in [3.63, 3.8) is 0 Å². The molecule has 0 aromatic heterocycles. The van der Waals surface area contributed by atoms with Gasteiger partial charge in [0.2, 0.25) is 0 Å². The van der Waals surface area contributed by atoms with E-state index in [0.29, 0.717) is 12.8 Å². The molecule has 1 unspecified atom stereocenters. The number of rotatable bonds is 5. The van der Waals surface area contributed by atoms with Gasteiger partial charge in [-0.15, -0.1) is 0 Å². The van der Waals surface area contributed by atoms with Crippen LogP contribution in [0.5, 0.6) is 0 Å². The van der Waals surface area contributed by atoms with Crippen LogP contribution in [-0.2, 0) is 12.8 Å². The smallest absolute Gasteiger partial charge is 0.123 e. The monoisotopic (exact) mass is 276 g/mol. The molecule has 0 spiro atoms. The maximum absolute atomic E-state index is 13.2. The number of benzene rings is 2. The lowest BCUT2D eigenvalue weighted by Gasteiger charge is -2.17. The summed E-state index contributed by atoms with van der Waals surface area (Å²) < 4.78 is 26.2. The maximum atomic E-state index is 13.2. The molecule has 0 aliphatic rings. The zero-order valence-corrected chi connectivity index (χ0v) is 11.4. The topological polar surface area (TPSA) is 38.0 Å². The van der Waals surface area contributed by atoms with Crippen LogP contribution in [0.1, 0.15) is 16.7 Å². The summed E-state index contributed by atoms with van der Waals surface area (Å²) in [6.45, 7) is 1.87. The molecule has 0 fully saturated rings. The van der Waals surface area contributed by atoms with Crippen molar-refractivity contribution in [3.8, 4) is 0 Å². The second-order valence-electron chi connectivity index (χ2n) is 4.97. The summed E-state index contributed by atoms with van der Waals surface area (Å²) in [4.78, 5) is 0. The predicted molar refractivity (Wildman–Crippen MR) is 76.1 cm³/mol. The zero-order chi connectivity index (χ0) is 14.5. The van der Waals surface area contributed by atoms with Crippen LogP contribution in [0.4, 0.5) is 8.78 Å². The summed E-state index contributed by atoms with van der Waals surface area (Å²) in [6, 6.07) is 11.2. The van der Waals surface area contributed by atoms with Gasteiger partial charge in [0.1, 0.15) is 11.6 Å². The molecule has 2 aromatic carbocycles. The third-order valence-corrected chi connectivity index (χ3v) is 3.38. The lowest BCUT2D eigenvalue weighted by Crippen LogP contribution is -2.38. The van der Waals surface area contributed by atoms with Crippen LogP contribution in [-0.4, -0.2) is 6.04 Å². The number of nitrogens with one attached hydrogen (secondary N) is 1. The Bertz CT molecular complexity index is 584. The zero-order valence-electron chi connectivity index (χ0n) is 11.4. The quantitative estimate of drug-likeness (QED) is 0.651. The summed E-state index contributed by atoms with van der Waals surface area (Å²) >= 11 is 0.